The first-order valence-electron chi connectivity index (χ1n) is 9.18. The number of quaternary nitrogens is 1. The molecule has 2 bridgehead atoms. The lowest BCUT2D eigenvalue weighted by Crippen LogP contribution is -2.68. The number of piperidine rings is 1. The SMILES string of the molecule is CC[C@@H]1C[N@+]2([O-])CC[C@]34c5ccccc5N[C@H]3[C@@H](CO)[C@H]1C[C@@H]42. The van der Waals surface area contributed by atoms with Crippen LogP contribution >= 0.6 is 0 Å². The third kappa shape index (κ3) is 1.53. The molecule has 3 aliphatic heterocycles. The minimum Gasteiger partial charge on any atom is -0.633 e. The maximum absolute atomic E-state index is 13.6. The van der Waals surface area contributed by atoms with Gasteiger partial charge in [0, 0.05) is 43.0 Å². The largest absolute Gasteiger partial charge is 0.633 e. The average Bonchev–Trinajstić information content (AvgIpc) is 3.08. The van der Waals surface area contributed by atoms with E-state index in [1.54, 1.807) is 0 Å². The number of nitrogens with one attached hydrogen (secondary N) is 1. The highest BCUT2D eigenvalue weighted by Gasteiger charge is 2.70. The summed E-state index contributed by atoms with van der Waals surface area (Å²) in [6.45, 7) is 3.96. The van der Waals surface area contributed by atoms with Gasteiger partial charge < -0.3 is 20.3 Å². The molecule has 0 unspecified atom stereocenters. The molecule has 7 atom stereocenters. The Bertz CT molecular complexity index is 650. The molecular formula is C19H26N2O2. The zero-order valence-electron chi connectivity index (χ0n) is 13.7. The van der Waals surface area contributed by atoms with Crippen LogP contribution in [0.2, 0.25) is 0 Å². The minimum atomic E-state index is -0.0546. The van der Waals surface area contributed by atoms with Crippen LogP contribution in [-0.4, -0.2) is 41.5 Å². The van der Waals surface area contributed by atoms with Gasteiger partial charge in [-0.25, -0.2) is 0 Å². The standard InChI is InChI=1S/C19H26N2O2/c1-2-12-10-21(23)8-7-19-15-5-3-4-6-16(15)20-18(19)14(11-22)13(12)9-17(19)21/h3-6,12-14,17-18,20,22H,2,7-11H2,1H3/t12-,13+,14+,17+,18+,19-,21-/m1/s1. The molecule has 1 aromatic rings. The van der Waals surface area contributed by atoms with E-state index in [1.807, 2.05) is 0 Å². The highest BCUT2D eigenvalue weighted by atomic mass is 16.5. The van der Waals surface area contributed by atoms with E-state index in [9.17, 15) is 10.3 Å². The fourth-order valence-electron chi connectivity index (χ4n) is 6.81. The van der Waals surface area contributed by atoms with Crippen LogP contribution in [0.4, 0.5) is 5.69 Å². The summed E-state index contributed by atoms with van der Waals surface area (Å²) in [7, 11) is 0. The van der Waals surface area contributed by atoms with Gasteiger partial charge >= 0.3 is 0 Å². The molecule has 4 aliphatic rings. The number of benzene rings is 1. The average molecular weight is 314 g/mol. The van der Waals surface area contributed by atoms with Crippen LogP contribution < -0.4 is 5.32 Å². The molecule has 4 heteroatoms. The Morgan fingerprint density at radius 1 is 1.39 bits per heavy atom. The summed E-state index contributed by atoms with van der Waals surface area (Å²) >= 11 is 0. The summed E-state index contributed by atoms with van der Waals surface area (Å²) < 4.78 is 0.0136. The van der Waals surface area contributed by atoms with Crippen LogP contribution in [0.15, 0.2) is 24.3 Å². The highest BCUT2D eigenvalue weighted by molar-refractivity contribution is 5.64. The number of nitrogens with zero attached hydrogens (tertiary/aromatic N) is 1. The fraction of sp³-hybridized carbons (Fsp3) is 0.684. The molecule has 5 rings (SSSR count). The summed E-state index contributed by atoms with van der Waals surface area (Å²) in [5.41, 5.74) is 2.49. The monoisotopic (exact) mass is 314 g/mol. The molecule has 1 aromatic carbocycles. The second kappa shape index (κ2) is 4.50. The van der Waals surface area contributed by atoms with Gasteiger partial charge in [0.15, 0.2) is 0 Å². The topological polar surface area (TPSA) is 55.3 Å². The molecule has 1 spiro atoms. The van der Waals surface area contributed by atoms with Gasteiger partial charge in [-0.3, -0.25) is 0 Å². The highest BCUT2D eigenvalue weighted by Crippen LogP contribution is 2.63. The number of aliphatic hydroxyl groups is 1. The summed E-state index contributed by atoms with van der Waals surface area (Å²) in [6, 6.07) is 8.96. The predicted octanol–water partition coefficient (Wildman–Crippen LogP) is 2.47. The van der Waals surface area contributed by atoms with E-state index in [4.69, 9.17) is 0 Å². The van der Waals surface area contributed by atoms with E-state index >= 15 is 0 Å². The number of hydroxylamine groups is 3. The summed E-state index contributed by atoms with van der Waals surface area (Å²) in [5.74, 6) is 1.23. The molecule has 1 aliphatic carbocycles. The summed E-state index contributed by atoms with van der Waals surface area (Å²) in [5, 5.41) is 27.6. The number of hydrogen-bond donors (Lipinski definition) is 2. The van der Waals surface area contributed by atoms with Crippen molar-refractivity contribution in [1.29, 1.82) is 0 Å². The number of rotatable bonds is 2. The number of anilines is 1. The van der Waals surface area contributed by atoms with Crippen molar-refractivity contribution in [1.82, 2.24) is 0 Å². The van der Waals surface area contributed by atoms with E-state index in [0.717, 1.165) is 32.4 Å². The van der Waals surface area contributed by atoms with E-state index in [1.165, 1.54) is 11.3 Å². The molecule has 0 radical (unpaired) electrons. The van der Waals surface area contributed by atoms with Crippen molar-refractivity contribution in [3.8, 4) is 0 Å². The van der Waals surface area contributed by atoms with Gasteiger partial charge in [0.2, 0.25) is 0 Å². The van der Waals surface area contributed by atoms with Gasteiger partial charge in [0.05, 0.1) is 18.5 Å². The van der Waals surface area contributed by atoms with E-state index < -0.39 is 0 Å². The Morgan fingerprint density at radius 3 is 3.00 bits per heavy atom. The smallest absolute Gasteiger partial charge is 0.101 e. The molecule has 4 nitrogen and oxygen atoms in total. The lowest BCUT2D eigenvalue weighted by Gasteiger charge is -2.61. The molecule has 1 saturated carbocycles. The minimum absolute atomic E-state index is 0.0136. The second-order valence-electron chi connectivity index (χ2n) is 8.25. The quantitative estimate of drug-likeness (QED) is 0.651. The molecule has 0 aromatic heterocycles. The third-order valence-corrected chi connectivity index (χ3v) is 7.72. The Hall–Kier alpha value is -1.10. The number of fused-ring (bicyclic) bond motifs is 2. The Morgan fingerprint density at radius 2 is 2.22 bits per heavy atom. The molecule has 2 N–H and O–H groups in total. The van der Waals surface area contributed by atoms with E-state index in [2.05, 4.69) is 36.5 Å². The molecular weight excluding hydrogens is 288 g/mol. The zero-order chi connectivity index (χ0) is 15.8. The second-order valence-corrected chi connectivity index (χ2v) is 8.25. The molecule has 0 amide bonds. The summed E-state index contributed by atoms with van der Waals surface area (Å²) in [4.78, 5) is 0. The van der Waals surface area contributed by atoms with Crippen molar-refractivity contribution in [2.75, 3.05) is 25.0 Å². The molecule has 124 valence electrons. The Labute approximate surface area is 137 Å². The van der Waals surface area contributed by atoms with Gasteiger partial charge in [-0.1, -0.05) is 25.1 Å². The Balaban J connectivity index is 1.71. The number of hydrogen-bond acceptors (Lipinski definition) is 3. The zero-order valence-corrected chi connectivity index (χ0v) is 13.7. The lowest BCUT2D eigenvalue weighted by molar-refractivity contribution is -0.907. The normalized spacial score (nSPS) is 49.4. The van der Waals surface area contributed by atoms with Crippen LogP contribution in [0.25, 0.3) is 0 Å². The van der Waals surface area contributed by atoms with Crippen molar-refractivity contribution >= 4 is 5.69 Å². The van der Waals surface area contributed by atoms with Gasteiger partial charge in [0.25, 0.3) is 0 Å². The van der Waals surface area contributed by atoms with E-state index in [0.29, 0.717) is 11.8 Å². The van der Waals surface area contributed by atoms with Crippen LogP contribution in [0.1, 0.15) is 31.7 Å². The fourth-order valence-corrected chi connectivity index (χ4v) is 6.81. The third-order valence-electron chi connectivity index (χ3n) is 7.72. The first-order chi connectivity index (χ1) is 11.1. The van der Waals surface area contributed by atoms with Crippen LogP contribution in [-0.2, 0) is 5.41 Å². The molecule has 2 saturated heterocycles. The maximum atomic E-state index is 13.6. The van der Waals surface area contributed by atoms with Crippen molar-refractivity contribution in [2.45, 2.75) is 43.7 Å². The number of aliphatic hydroxyl groups excluding tert-OH is 1. The van der Waals surface area contributed by atoms with Gasteiger partial charge in [0.1, 0.15) is 6.04 Å². The first kappa shape index (κ1) is 14.3. The van der Waals surface area contributed by atoms with Crippen molar-refractivity contribution in [2.24, 2.45) is 17.8 Å². The predicted molar refractivity (Wildman–Crippen MR) is 89.8 cm³/mol. The van der Waals surface area contributed by atoms with Crippen molar-refractivity contribution < 1.29 is 9.75 Å². The van der Waals surface area contributed by atoms with Crippen LogP contribution in [0.5, 0.6) is 0 Å². The first-order valence-corrected chi connectivity index (χ1v) is 9.18. The molecule has 3 fully saturated rings. The Kier molecular flexibility index (Phi) is 2.79. The van der Waals surface area contributed by atoms with Gasteiger partial charge in [-0.2, -0.15) is 0 Å². The van der Waals surface area contributed by atoms with Crippen molar-refractivity contribution in [3.63, 3.8) is 0 Å². The van der Waals surface area contributed by atoms with E-state index in [-0.39, 0.29) is 34.7 Å². The lowest BCUT2D eigenvalue weighted by atomic mass is 9.54. The molecule has 23 heavy (non-hydrogen) atoms. The van der Waals surface area contributed by atoms with Crippen LogP contribution in [0, 0.1) is 23.0 Å². The summed E-state index contributed by atoms with van der Waals surface area (Å²) in [6.07, 6.45) is 3.03. The molecule has 3 heterocycles. The van der Waals surface area contributed by atoms with Crippen molar-refractivity contribution in [3.05, 3.63) is 35.0 Å². The maximum Gasteiger partial charge on any atom is 0.101 e. The number of para-hydroxylation sites is 1. The van der Waals surface area contributed by atoms with Crippen LogP contribution in [0.3, 0.4) is 0 Å². The van der Waals surface area contributed by atoms with Gasteiger partial charge in [-0.05, 0) is 24.0 Å². The van der Waals surface area contributed by atoms with Gasteiger partial charge in [-0.15, -0.1) is 0 Å².